The van der Waals surface area contributed by atoms with Crippen LogP contribution in [0.5, 0.6) is 0 Å². The van der Waals surface area contributed by atoms with Gasteiger partial charge in [-0.1, -0.05) is 11.6 Å². The number of allylic oxidation sites excluding steroid dienone is 1. The van der Waals surface area contributed by atoms with Gasteiger partial charge in [0.1, 0.15) is 0 Å². The van der Waals surface area contributed by atoms with E-state index in [4.69, 9.17) is 0 Å². The molecule has 0 unspecified atom stereocenters. The van der Waals surface area contributed by atoms with E-state index >= 15 is 0 Å². The van der Waals surface area contributed by atoms with Gasteiger partial charge in [0, 0.05) is 13.5 Å². The van der Waals surface area contributed by atoms with Gasteiger partial charge >= 0.3 is 0 Å². The number of hydrogen-bond acceptors (Lipinski definition) is 1. The summed E-state index contributed by atoms with van der Waals surface area (Å²) < 4.78 is 0. The molecule has 0 radical (unpaired) electrons. The molecule has 58 valence electrons. The molecule has 0 rings (SSSR count). The highest BCUT2D eigenvalue weighted by atomic mass is 16.1. The number of carbonyl (C=O) groups excluding carboxylic acids is 1. The molecule has 10 heavy (non-hydrogen) atoms. The molecule has 2 heteroatoms. The Balaban J connectivity index is 3.21. The first-order valence-corrected chi connectivity index (χ1v) is 3.50. The predicted molar refractivity (Wildman–Crippen MR) is 42.7 cm³/mol. The van der Waals surface area contributed by atoms with Crippen LogP contribution in [0.3, 0.4) is 0 Å². The lowest BCUT2D eigenvalue weighted by Gasteiger charge is -1.96. The van der Waals surface area contributed by atoms with Gasteiger partial charge < -0.3 is 5.32 Å². The number of carbonyl (C=O) groups is 1. The second kappa shape index (κ2) is 5.03. The third-order valence-electron chi connectivity index (χ3n) is 1.07. The largest absolute Gasteiger partial charge is 0.356 e. The molecule has 0 aliphatic rings. The van der Waals surface area contributed by atoms with Gasteiger partial charge in [-0.15, -0.1) is 0 Å². The van der Waals surface area contributed by atoms with E-state index < -0.39 is 0 Å². The Morgan fingerprint density at radius 2 is 2.00 bits per heavy atom. The van der Waals surface area contributed by atoms with Crippen molar-refractivity contribution in [2.75, 3.05) is 6.54 Å². The van der Waals surface area contributed by atoms with Gasteiger partial charge in [0.15, 0.2) is 0 Å². The van der Waals surface area contributed by atoms with Gasteiger partial charge in [-0.25, -0.2) is 0 Å². The van der Waals surface area contributed by atoms with Gasteiger partial charge in [-0.2, -0.15) is 0 Å². The van der Waals surface area contributed by atoms with Gasteiger partial charge in [0.2, 0.25) is 5.91 Å². The molecular formula is C8H15NO. The van der Waals surface area contributed by atoms with Crippen LogP contribution in [0.1, 0.15) is 27.2 Å². The molecule has 0 atom stereocenters. The average molecular weight is 141 g/mol. The van der Waals surface area contributed by atoms with Crippen LogP contribution in [0.2, 0.25) is 0 Å². The first-order valence-electron chi connectivity index (χ1n) is 3.50. The molecule has 1 N–H and O–H groups in total. The minimum atomic E-state index is 0.0437. The van der Waals surface area contributed by atoms with E-state index in [1.54, 1.807) is 0 Å². The SMILES string of the molecule is CC(=O)NCCC=C(C)C. The Hall–Kier alpha value is -0.790. The molecular weight excluding hydrogens is 126 g/mol. The summed E-state index contributed by atoms with van der Waals surface area (Å²) in [7, 11) is 0. The Morgan fingerprint density at radius 3 is 2.40 bits per heavy atom. The van der Waals surface area contributed by atoms with Crippen molar-refractivity contribution in [3.8, 4) is 0 Å². The van der Waals surface area contributed by atoms with Crippen molar-refractivity contribution in [1.29, 1.82) is 0 Å². The standard InChI is InChI=1S/C8H15NO/c1-7(2)5-4-6-9-8(3)10/h5H,4,6H2,1-3H3,(H,9,10). The van der Waals surface area contributed by atoms with Crippen molar-refractivity contribution in [2.24, 2.45) is 0 Å². The van der Waals surface area contributed by atoms with E-state index in [9.17, 15) is 4.79 Å². The summed E-state index contributed by atoms with van der Waals surface area (Å²) >= 11 is 0. The van der Waals surface area contributed by atoms with E-state index in [2.05, 4.69) is 11.4 Å². The van der Waals surface area contributed by atoms with E-state index in [0.29, 0.717) is 0 Å². The van der Waals surface area contributed by atoms with Crippen molar-refractivity contribution in [2.45, 2.75) is 27.2 Å². The zero-order valence-electron chi connectivity index (χ0n) is 6.90. The fraction of sp³-hybridized carbons (Fsp3) is 0.625. The maximum atomic E-state index is 10.4. The number of rotatable bonds is 3. The second-order valence-electron chi connectivity index (χ2n) is 2.55. The van der Waals surface area contributed by atoms with Crippen LogP contribution in [0.15, 0.2) is 11.6 Å². The van der Waals surface area contributed by atoms with Crippen LogP contribution >= 0.6 is 0 Å². The number of nitrogens with one attached hydrogen (secondary N) is 1. The quantitative estimate of drug-likeness (QED) is 0.468. The van der Waals surface area contributed by atoms with Crippen molar-refractivity contribution < 1.29 is 4.79 Å². The summed E-state index contributed by atoms with van der Waals surface area (Å²) in [6.07, 6.45) is 3.04. The predicted octanol–water partition coefficient (Wildman–Crippen LogP) is 1.48. The van der Waals surface area contributed by atoms with Crippen LogP contribution in [0, 0.1) is 0 Å². The summed E-state index contributed by atoms with van der Waals surface area (Å²) in [6, 6.07) is 0. The van der Waals surface area contributed by atoms with Crippen LogP contribution in [-0.4, -0.2) is 12.5 Å². The summed E-state index contributed by atoms with van der Waals surface area (Å²) in [6.45, 7) is 6.38. The maximum Gasteiger partial charge on any atom is 0.216 e. The molecule has 0 aromatic heterocycles. The van der Waals surface area contributed by atoms with E-state index in [1.165, 1.54) is 12.5 Å². The maximum absolute atomic E-state index is 10.4. The lowest BCUT2D eigenvalue weighted by atomic mass is 10.3. The normalized spacial score (nSPS) is 8.70. The van der Waals surface area contributed by atoms with Crippen molar-refractivity contribution in [1.82, 2.24) is 5.32 Å². The third-order valence-corrected chi connectivity index (χ3v) is 1.07. The Kier molecular flexibility index (Phi) is 4.63. The van der Waals surface area contributed by atoms with Crippen molar-refractivity contribution in [3.63, 3.8) is 0 Å². The lowest BCUT2D eigenvalue weighted by Crippen LogP contribution is -2.20. The fourth-order valence-corrected chi connectivity index (χ4v) is 0.609. The van der Waals surface area contributed by atoms with Gasteiger partial charge in [-0.05, 0) is 20.3 Å². The fourth-order valence-electron chi connectivity index (χ4n) is 0.609. The van der Waals surface area contributed by atoms with E-state index in [-0.39, 0.29) is 5.91 Å². The molecule has 0 fully saturated rings. The monoisotopic (exact) mass is 141 g/mol. The van der Waals surface area contributed by atoms with Crippen molar-refractivity contribution >= 4 is 5.91 Å². The molecule has 0 aromatic rings. The molecule has 0 aliphatic heterocycles. The highest BCUT2D eigenvalue weighted by molar-refractivity contribution is 5.72. The van der Waals surface area contributed by atoms with E-state index in [0.717, 1.165) is 13.0 Å². The molecule has 0 bridgehead atoms. The zero-order chi connectivity index (χ0) is 7.98. The molecule has 2 nitrogen and oxygen atoms in total. The first-order chi connectivity index (χ1) is 4.63. The third kappa shape index (κ3) is 7.21. The smallest absolute Gasteiger partial charge is 0.216 e. The number of amides is 1. The molecule has 1 amide bonds. The topological polar surface area (TPSA) is 29.1 Å². The Bertz CT molecular complexity index is 134. The summed E-state index contributed by atoms with van der Waals surface area (Å²) in [5.74, 6) is 0.0437. The lowest BCUT2D eigenvalue weighted by molar-refractivity contribution is -0.118. The van der Waals surface area contributed by atoms with Crippen molar-refractivity contribution in [3.05, 3.63) is 11.6 Å². The summed E-state index contributed by atoms with van der Waals surface area (Å²) in [5, 5.41) is 2.72. The van der Waals surface area contributed by atoms with Crippen LogP contribution in [0.25, 0.3) is 0 Å². The Morgan fingerprint density at radius 1 is 1.40 bits per heavy atom. The molecule has 0 saturated carbocycles. The van der Waals surface area contributed by atoms with Crippen LogP contribution in [0.4, 0.5) is 0 Å². The van der Waals surface area contributed by atoms with Crippen LogP contribution < -0.4 is 5.32 Å². The summed E-state index contributed by atoms with van der Waals surface area (Å²) in [4.78, 5) is 10.4. The molecule has 0 aromatic carbocycles. The summed E-state index contributed by atoms with van der Waals surface area (Å²) in [5.41, 5.74) is 1.30. The minimum Gasteiger partial charge on any atom is -0.356 e. The molecule has 0 spiro atoms. The highest BCUT2D eigenvalue weighted by Crippen LogP contribution is 1.90. The molecule has 0 saturated heterocycles. The van der Waals surface area contributed by atoms with Gasteiger partial charge in [0.05, 0.1) is 0 Å². The molecule has 0 heterocycles. The van der Waals surface area contributed by atoms with Crippen LogP contribution in [-0.2, 0) is 4.79 Å². The average Bonchev–Trinajstić information content (AvgIpc) is 1.79. The second-order valence-corrected chi connectivity index (χ2v) is 2.55. The van der Waals surface area contributed by atoms with Gasteiger partial charge in [0.25, 0.3) is 0 Å². The minimum absolute atomic E-state index is 0.0437. The van der Waals surface area contributed by atoms with Gasteiger partial charge in [-0.3, -0.25) is 4.79 Å². The van der Waals surface area contributed by atoms with E-state index in [1.807, 2.05) is 13.8 Å². The molecule has 0 aliphatic carbocycles. The first kappa shape index (κ1) is 9.21. The number of hydrogen-bond donors (Lipinski definition) is 1. The Labute approximate surface area is 62.3 Å². The zero-order valence-corrected chi connectivity index (χ0v) is 6.90. The highest BCUT2D eigenvalue weighted by Gasteiger charge is 1.86.